The lowest BCUT2D eigenvalue weighted by Gasteiger charge is -2.07. The molecule has 0 amide bonds. The molecule has 0 unspecified atom stereocenters. The molecule has 2 aromatic carbocycles. The second-order valence-electron chi connectivity index (χ2n) is 14.0. The molecule has 0 saturated heterocycles. The number of carbonyl (C=O) groups is 1. The van der Waals surface area contributed by atoms with E-state index in [1.165, 1.54) is 12.1 Å². The van der Waals surface area contributed by atoms with Gasteiger partial charge in [0.1, 0.15) is 28.7 Å². The average Bonchev–Trinajstić information content (AvgIpc) is 4.09. The number of halogens is 2. The van der Waals surface area contributed by atoms with Gasteiger partial charge in [-0.25, -0.2) is 57.8 Å². The summed E-state index contributed by atoms with van der Waals surface area (Å²) in [5, 5.41) is 10.8. The molecule has 9 rings (SSSR count). The van der Waals surface area contributed by atoms with E-state index in [1.807, 2.05) is 32.0 Å². The van der Waals surface area contributed by atoms with Crippen LogP contribution in [-0.4, -0.2) is 85.1 Å². The maximum absolute atomic E-state index is 14.2. The van der Waals surface area contributed by atoms with Crippen molar-refractivity contribution in [3.8, 4) is 34.6 Å². The Morgan fingerprint density at radius 1 is 0.625 bits per heavy atom. The Labute approximate surface area is 366 Å². The van der Waals surface area contributed by atoms with E-state index in [9.17, 15) is 13.6 Å². The van der Waals surface area contributed by atoms with E-state index in [4.69, 9.17) is 26.3 Å². The molecule has 5 N–H and O–H groups in total. The molecule has 64 heavy (non-hydrogen) atoms. The lowest BCUT2D eigenvalue weighted by atomic mass is 10.1. The second-order valence-corrected chi connectivity index (χ2v) is 14.0. The summed E-state index contributed by atoms with van der Waals surface area (Å²) >= 11 is 0. The molecule has 18 heteroatoms. The highest BCUT2D eigenvalue weighted by Crippen LogP contribution is 2.29. The number of nitrogens with one attached hydrogen (secondary N) is 1. The minimum Gasteiger partial charge on any atom is -0.461 e. The Morgan fingerprint density at radius 2 is 1.16 bits per heavy atom. The number of carbonyl (C=O) groups excluding carboxylic acids is 1. The van der Waals surface area contributed by atoms with Gasteiger partial charge in [0.05, 0.1) is 30.5 Å². The lowest BCUT2D eigenvalue weighted by molar-refractivity contribution is 0.0518. The van der Waals surface area contributed by atoms with Crippen molar-refractivity contribution in [3.63, 3.8) is 0 Å². The highest BCUT2D eigenvalue weighted by Gasteiger charge is 2.22. The molecule has 7 aromatic heterocycles. The van der Waals surface area contributed by atoms with Crippen molar-refractivity contribution in [3.05, 3.63) is 150 Å². The molecule has 0 bridgehead atoms. The first-order valence-electron chi connectivity index (χ1n) is 20.7. The SMILES string of the molecule is CCOC(=O)c1nc(-c2nn(Cc3ccccc3F)c3ncccc23)ncc1CC.CCc1cnc(-c2nn(Cc3ccccc3F)c3ncccc23)nc1-c1ncc[nH]1.NCCN. The topological polar surface area (TPSA) is 220 Å². The molecule has 0 aliphatic heterocycles. The first-order valence-corrected chi connectivity index (χ1v) is 20.7. The third kappa shape index (κ3) is 9.83. The summed E-state index contributed by atoms with van der Waals surface area (Å²) < 4.78 is 36.8. The maximum Gasteiger partial charge on any atom is 0.357 e. The minimum absolute atomic E-state index is 0.206. The van der Waals surface area contributed by atoms with Crippen LogP contribution in [0.4, 0.5) is 8.78 Å². The van der Waals surface area contributed by atoms with Gasteiger partial charge >= 0.3 is 5.97 Å². The number of nitrogens with two attached hydrogens (primary N) is 2. The number of hydrogen-bond donors (Lipinski definition) is 3. The van der Waals surface area contributed by atoms with Crippen molar-refractivity contribution in [1.29, 1.82) is 0 Å². The van der Waals surface area contributed by atoms with Crippen LogP contribution in [0.3, 0.4) is 0 Å². The van der Waals surface area contributed by atoms with Gasteiger partial charge in [0.25, 0.3) is 0 Å². The third-order valence-electron chi connectivity index (χ3n) is 9.84. The summed E-state index contributed by atoms with van der Waals surface area (Å²) in [5.74, 6) is 0.369. The summed E-state index contributed by atoms with van der Waals surface area (Å²) in [4.78, 5) is 46.9. The van der Waals surface area contributed by atoms with Gasteiger partial charge in [-0.3, -0.25) is 0 Å². The average molecular weight is 865 g/mol. The van der Waals surface area contributed by atoms with Crippen LogP contribution in [-0.2, 0) is 30.7 Å². The van der Waals surface area contributed by atoms with E-state index in [0.717, 1.165) is 23.1 Å². The Hall–Kier alpha value is -7.70. The van der Waals surface area contributed by atoms with Crippen LogP contribution in [0.2, 0.25) is 0 Å². The van der Waals surface area contributed by atoms with Crippen molar-refractivity contribution in [2.75, 3.05) is 19.7 Å². The van der Waals surface area contributed by atoms with Crippen LogP contribution in [0.1, 0.15) is 53.5 Å². The Balaban J connectivity index is 0.000000177. The number of fused-ring (bicyclic) bond motifs is 2. The van der Waals surface area contributed by atoms with Gasteiger partial charge in [-0.05, 0) is 61.7 Å². The van der Waals surface area contributed by atoms with E-state index < -0.39 is 5.97 Å². The van der Waals surface area contributed by atoms with Gasteiger partial charge in [0.15, 0.2) is 34.5 Å². The van der Waals surface area contributed by atoms with Crippen molar-refractivity contribution in [2.24, 2.45) is 11.5 Å². The van der Waals surface area contributed by atoms with Crippen LogP contribution >= 0.6 is 0 Å². The van der Waals surface area contributed by atoms with Crippen LogP contribution in [0, 0.1) is 11.6 Å². The number of esters is 1. The molecule has 16 nitrogen and oxygen atoms in total. The van der Waals surface area contributed by atoms with Crippen LogP contribution in [0.25, 0.3) is 56.6 Å². The summed E-state index contributed by atoms with van der Waals surface area (Å²) in [6, 6.07) is 20.6. The maximum atomic E-state index is 14.2. The zero-order chi connectivity index (χ0) is 45.0. The number of aryl methyl sites for hydroxylation is 2. The van der Waals surface area contributed by atoms with E-state index in [0.29, 0.717) is 81.7 Å². The number of H-pyrrole nitrogens is 1. The number of nitrogens with zero attached hydrogens (tertiary/aromatic N) is 11. The molecule has 326 valence electrons. The van der Waals surface area contributed by atoms with E-state index in [2.05, 4.69) is 40.0 Å². The van der Waals surface area contributed by atoms with Crippen molar-refractivity contribution in [1.82, 2.24) is 59.4 Å². The van der Waals surface area contributed by atoms with Gasteiger partial charge in [-0.15, -0.1) is 0 Å². The first kappa shape index (κ1) is 44.4. The zero-order valence-corrected chi connectivity index (χ0v) is 35.5. The Kier molecular flexibility index (Phi) is 14.5. The Bertz CT molecular complexity index is 2990. The van der Waals surface area contributed by atoms with Crippen molar-refractivity contribution in [2.45, 2.75) is 46.7 Å². The van der Waals surface area contributed by atoms with Crippen LogP contribution < -0.4 is 11.5 Å². The van der Waals surface area contributed by atoms with E-state index in [-0.39, 0.29) is 37.0 Å². The molecule has 0 saturated carbocycles. The number of aromatic nitrogens is 12. The molecule has 0 aliphatic carbocycles. The zero-order valence-electron chi connectivity index (χ0n) is 35.5. The summed E-state index contributed by atoms with van der Waals surface area (Å²) in [5.41, 5.74) is 15.8. The lowest BCUT2D eigenvalue weighted by Crippen LogP contribution is -2.12. The van der Waals surface area contributed by atoms with Gasteiger partial charge in [0.2, 0.25) is 0 Å². The van der Waals surface area contributed by atoms with Crippen LogP contribution in [0.5, 0.6) is 0 Å². The van der Waals surface area contributed by atoms with Crippen molar-refractivity contribution >= 4 is 28.0 Å². The normalized spacial score (nSPS) is 10.9. The fourth-order valence-corrected chi connectivity index (χ4v) is 6.68. The van der Waals surface area contributed by atoms with Gasteiger partial charge in [-0.1, -0.05) is 50.2 Å². The van der Waals surface area contributed by atoms with Gasteiger partial charge in [0, 0.05) is 67.0 Å². The number of ether oxygens (including phenoxy) is 1. The van der Waals surface area contributed by atoms with Gasteiger partial charge < -0.3 is 21.2 Å². The van der Waals surface area contributed by atoms with Gasteiger partial charge in [-0.2, -0.15) is 10.2 Å². The van der Waals surface area contributed by atoms with E-state index >= 15 is 0 Å². The predicted molar refractivity (Wildman–Crippen MR) is 239 cm³/mol. The quantitative estimate of drug-likeness (QED) is 0.108. The second kappa shape index (κ2) is 20.9. The number of pyridine rings is 2. The summed E-state index contributed by atoms with van der Waals surface area (Å²) in [6.07, 6.45) is 11.6. The molecule has 7 heterocycles. The standard InChI is InChI=1S/C22H18FN7.C22H20FN5O2.C2H8N2/c1-2-14-12-27-21(28-18(14)20-24-10-11-25-20)19-16-7-5-9-26-22(16)30(29-19)13-15-6-3-4-8-17(15)23;1-3-14-12-25-20(26-18(14)22(29)30-4-2)19-16-9-7-11-24-21(16)28(27-19)13-15-8-5-6-10-17(15)23;3-1-2-4/h3-12H,2,13H2,1H3,(H,24,25);5-12H,3-4,13H2,1-2H3;1-4H2. The number of benzene rings is 2. The van der Waals surface area contributed by atoms with E-state index in [1.54, 1.807) is 95.9 Å². The fourth-order valence-electron chi connectivity index (χ4n) is 6.68. The molecule has 0 radical (unpaired) electrons. The number of hydrogen-bond acceptors (Lipinski definition) is 13. The molecule has 0 atom stereocenters. The molecule has 0 spiro atoms. The highest BCUT2D eigenvalue weighted by atomic mass is 19.1. The fraction of sp³-hybridized carbons (Fsp3) is 0.217. The molecule has 0 fully saturated rings. The molecule has 9 aromatic rings. The summed E-state index contributed by atoms with van der Waals surface area (Å²) in [6.45, 7) is 7.63. The number of rotatable bonds is 12. The monoisotopic (exact) mass is 864 g/mol. The molecular weight excluding hydrogens is 819 g/mol. The summed E-state index contributed by atoms with van der Waals surface area (Å²) in [7, 11) is 0. The Morgan fingerprint density at radius 3 is 1.64 bits per heavy atom. The molecular formula is C46H46F2N14O2. The smallest absolute Gasteiger partial charge is 0.357 e. The van der Waals surface area contributed by atoms with Crippen molar-refractivity contribution < 1.29 is 18.3 Å². The number of imidazole rings is 1. The molecule has 0 aliphatic rings. The first-order chi connectivity index (χ1) is 31.3. The number of aromatic amines is 1. The largest absolute Gasteiger partial charge is 0.461 e. The highest BCUT2D eigenvalue weighted by molar-refractivity contribution is 5.92. The minimum atomic E-state index is -0.494. The third-order valence-corrected chi connectivity index (χ3v) is 9.84. The van der Waals surface area contributed by atoms with Crippen LogP contribution in [0.15, 0.2) is 110 Å². The predicted octanol–water partition coefficient (Wildman–Crippen LogP) is 6.75.